The minimum atomic E-state index is 0.603. The van der Waals surface area contributed by atoms with Crippen molar-refractivity contribution < 1.29 is 4.84 Å². The van der Waals surface area contributed by atoms with Crippen LogP contribution in [0.4, 0.5) is 0 Å². The molecule has 2 aromatic rings. The van der Waals surface area contributed by atoms with Crippen LogP contribution in [0, 0.1) is 0 Å². The van der Waals surface area contributed by atoms with Crippen LogP contribution in [0.15, 0.2) is 16.2 Å². The molecule has 0 saturated carbocycles. The second-order valence-electron chi connectivity index (χ2n) is 2.43. The maximum absolute atomic E-state index is 4.76. The van der Waals surface area contributed by atoms with E-state index in [1.165, 1.54) is 0 Å². The zero-order chi connectivity index (χ0) is 9.26. The van der Waals surface area contributed by atoms with Crippen molar-refractivity contribution in [2.24, 2.45) is 0 Å². The first-order valence-corrected chi connectivity index (χ1v) is 5.36. The summed E-state index contributed by atoms with van der Waals surface area (Å²) >= 11 is 5.08. The summed E-state index contributed by atoms with van der Waals surface area (Å²) < 4.78 is 2.98. The summed E-state index contributed by atoms with van der Waals surface area (Å²) in [6, 6.07) is 0. The third-order valence-electron chi connectivity index (χ3n) is 1.65. The van der Waals surface area contributed by atoms with Crippen molar-refractivity contribution in [3.05, 3.63) is 21.9 Å². The Balaban J connectivity index is 2.34. The van der Waals surface area contributed by atoms with Crippen LogP contribution in [-0.4, -0.2) is 16.5 Å². The standard InChI is InChI=1S/C7H8BrN3OS/c1-12-9-4-5-6(8)11-2-3-13-7(11)10-5/h2-3,9H,4H2,1H3. The van der Waals surface area contributed by atoms with E-state index in [1.54, 1.807) is 18.4 Å². The lowest BCUT2D eigenvalue weighted by atomic mass is 10.5. The number of nitrogens with zero attached hydrogens (tertiary/aromatic N) is 2. The van der Waals surface area contributed by atoms with Crippen molar-refractivity contribution in [2.75, 3.05) is 7.11 Å². The highest BCUT2D eigenvalue weighted by Gasteiger charge is 2.09. The predicted octanol–water partition coefficient (Wildman–Crippen LogP) is 1.81. The minimum Gasteiger partial charge on any atom is -0.305 e. The summed E-state index contributed by atoms with van der Waals surface area (Å²) in [4.78, 5) is 10.1. The molecule has 0 unspecified atom stereocenters. The predicted molar refractivity (Wildman–Crippen MR) is 54.6 cm³/mol. The van der Waals surface area contributed by atoms with Gasteiger partial charge in [-0.1, -0.05) is 0 Å². The topological polar surface area (TPSA) is 38.6 Å². The molecule has 0 aliphatic rings. The number of rotatable bonds is 3. The van der Waals surface area contributed by atoms with Crippen LogP contribution in [-0.2, 0) is 11.4 Å². The zero-order valence-electron chi connectivity index (χ0n) is 6.95. The molecule has 0 radical (unpaired) electrons. The molecule has 4 nitrogen and oxygen atoms in total. The van der Waals surface area contributed by atoms with E-state index in [-0.39, 0.29) is 0 Å². The Hall–Kier alpha value is -0.430. The Morgan fingerprint density at radius 1 is 1.77 bits per heavy atom. The lowest BCUT2D eigenvalue weighted by molar-refractivity contribution is 0.0858. The number of thiazole rings is 1. The number of imidazole rings is 1. The van der Waals surface area contributed by atoms with E-state index < -0.39 is 0 Å². The zero-order valence-corrected chi connectivity index (χ0v) is 9.35. The van der Waals surface area contributed by atoms with Gasteiger partial charge in [0.15, 0.2) is 4.96 Å². The molecule has 1 N–H and O–H groups in total. The number of halogens is 1. The van der Waals surface area contributed by atoms with Gasteiger partial charge in [-0.2, -0.15) is 5.48 Å². The smallest absolute Gasteiger partial charge is 0.194 e. The van der Waals surface area contributed by atoms with Gasteiger partial charge in [-0.05, 0) is 15.9 Å². The SMILES string of the molecule is CONCc1nc2sccn2c1Br. The highest BCUT2D eigenvalue weighted by atomic mass is 79.9. The van der Waals surface area contributed by atoms with E-state index >= 15 is 0 Å². The van der Waals surface area contributed by atoms with Crippen LogP contribution >= 0.6 is 27.3 Å². The summed E-state index contributed by atoms with van der Waals surface area (Å²) in [6.45, 7) is 0.603. The van der Waals surface area contributed by atoms with Crippen molar-refractivity contribution >= 4 is 32.2 Å². The van der Waals surface area contributed by atoms with Crippen LogP contribution in [0.5, 0.6) is 0 Å². The van der Waals surface area contributed by atoms with Crippen LogP contribution in [0.25, 0.3) is 4.96 Å². The fourth-order valence-electron chi connectivity index (χ4n) is 1.06. The molecule has 2 heterocycles. The highest BCUT2D eigenvalue weighted by Crippen LogP contribution is 2.21. The van der Waals surface area contributed by atoms with E-state index in [1.807, 2.05) is 16.0 Å². The van der Waals surface area contributed by atoms with Gasteiger partial charge in [0.25, 0.3) is 0 Å². The van der Waals surface area contributed by atoms with E-state index in [0.29, 0.717) is 6.54 Å². The number of hydrogen-bond donors (Lipinski definition) is 1. The molecule has 0 bridgehead atoms. The lowest BCUT2D eigenvalue weighted by Crippen LogP contribution is -2.11. The quantitative estimate of drug-likeness (QED) is 0.857. The average molecular weight is 262 g/mol. The average Bonchev–Trinajstić information content (AvgIpc) is 2.67. The molecule has 0 spiro atoms. The van der Waals surface area contributed by atoms with E-state index in [9.17, 15) is 0 Å². The summed E-state index contributed by atoms with van der Waals surface area (Å²) in [5.74, 6) is 0. The minimum absolute atomic E-state index is 0.603. The molecule has 70 valence electrons. The largest absolute Gasteiger partial charge is 0.305 e. The first-order chi connectivity index (χ1) is 6.33. The fourth-order valence-corrected chi connectivity index (χ4v) is 2.42. The molecule has 13 heavy (non-hydrogen) atoms. The Bertz CT molecular complexity index is 411. The Morgan fingerprint density at radius 2 is 2.62 bits per heavy atom. The van der Waals surface area contributed by atoms with Gasteiger partial charge in [0, 0.05) is 11.6 Å². The number of hydrogen-bond acceptors (Lipinski definition) is 4. The molecule has 0 atom stereocenters. The molecular weight excluding hydrogens is 254 g/mol. The highest BCUT2D eigenvalue weighted by molar-refractivity contribution is 9.10. The van der Waals surface area contributed by atoms with Gasteiger partial charge in [0.2, 0.25) is 0 Å². The summed E-state index contributed by atoms with van der Waals surface area (Å²) in [7, 11) is 1.59. The van der Waals surface area contributed by atoms with Gasteiger partial charge < -0.3 is 4.84 Å². The number of fused-ring (bicyclic) bond motifs is 1. The lowest BCUT2D eigenvalue weighted by Gasteiger charge is -1.97. The molecular formula is C7H8BrN3OS. The molecule has 0 aliphatic heterocycles. The summed E-state index contributed by atoms with van der Waals surface area (Å²) in [5.41, 5.74) is 3.71. The number of nitrogens with one attached hydrogen (secondary N) is 1. The van der Waals surface area contributed by atoms with E-state index in [4.69, 9.17) is 4.84 Å². The molecule has 0 amide bonds. The van der Waals surface area contributed by atoms with Gasteiger partial charge in [-0.25, -0.2) is 4.98 Å². The van der Waals surface area contributed by atoms with E-state index in [0.717, 1.165) is 15.3 Å². The van der Waals surface area contributed by atoms with Gasteiger partial charge in [-0.3, -0.25) is 4.40 Å². The van der Waals surface area contributed by atoms with Crippen molar-refractivity contribution in [3.8, 4) is 0 Å². The molecule has 2 rings (SSSR count). The number of aromatic nitrogens is 2. The van der Waals surface area contributed by atoms with Crippen molar-refractivity contribution in [3.63, 3.8) is 0 Å². The van der Waals surface area contributed by atoms with Crippen LogP contribution < -0.4 is 5.48 Å². The molecule has 0 aliphatic carbocycles. The van der Waals surface area contributed by atoms with Crippen molar-refractivity contribution in [2.45, 2.75) is 6.54 Å². The number of hydroxylamine groups is 1. The van der Waals surface area contributed by atoms with Crippen LogP contribution in [0.2, 0.25) is 0 Å². The Labute approximate surface area is 87.6 Å². The molecule has 0 aromatic carbocycles. The fraction of sp³-hybridized carbons (Fsp3) is 0.286. The summed E-state index contributed by atoms with van der Waals surface area (Å²) in [5, 5.41) is 2.00. The van der Waals surface area contributed by atoms with Gasteiger partial charge in [0.05, 0.1) is 19.3 Å². The van der Waals surface area contributed by atoms with Crippen LogP contribution in [0.1, 0.15) is 5.69 Å². The van der Waals surface area contributed by atoms with Gasteiger partial charge in [-0.15, -0.1) is 11.3 Å². The van der Waals surface area contributed by atoms with Crippen LogP contribution in [0.3, 0.4) is 0 Å². The van der Waals surface area contributed by atoms with Gasteiger partial charge >= 0.3 is 0 Å². The second-order valence-corrected chi connectivity index (χ2v) is 4.05. The van der Waals surface area contributed by atoms with Crippen molar-refractivity contribution in [1.29, 1.82) is 0 Å². The Morgan fingerprint density at radius 3 is 3.31 bits per heavy atom. The normalized spacial score (nSPS) is 11.2. The molecule has 0 saturated heterocycles. The monoisotopic (exact) mass is 261 g/mol. The molecule has 0 fully saturated rings. The van der Waals surface area contributed by atoms with E-state index in [2.05, 4.69) is 26.4 Å². The first-order valence-electron chi connectivity index (χ1n) is 3.68. The molecule has 2 aromatic heterocycles. The maximum atomic E-state index is 4.76. The third-order valence-corrected chi connectivity index (χ3v) is 3.25. The maximum Gasteiger partial charge on any atom is 0.194 e. The second kappa shape index (κ2) is 3.75. The first kappa shape index (κ1) is 9.14. The third kappa shape index (κ3) is 1.62. The summed E-state index contributed by atoms with van der Waals surface area (Å²) in [6.07, 6.45) is 1.98. The van der Waals surface area contributed by atoms with Gasteiger partial charge in [0.1, 0.15) is 4.60 Å². The molecule has 6 heteroatoms. The van der Waals surface area contributed by atoms with Crippen molar-refractivity contribution in [1.82, 2.24) is 14.9 Å². The Kier molecular flexibility index (Phi) is 2.63.